The molecular formula is C16H13BrFN3S. The van der Waals surface area contributed by atoms with Gasteiger partial charge in [0.25, 0.3) is 0 Å². The van der Waals surface area contributed by atoms with Crippen molar-refractivity contribution < 1.29 is 4.39 Å². The van der Waals surface area contributed by atoms with Crippen molar-refractivity contribution in [1.82, 2.24) is 5.43 Å². The van der Waals surface area contributed by atoms with Crippen LogP contribution in [0.4, 0.5) is 4.39 Å². The van der Waals surface area contributed by atoms with Crippen LogP contribution in [0.2, 0.25) is 0 Å². The molecule has 0 saturated heterocycles. The first-order valence-electron chi connectivity index (χ1n) is 6.37. The number of rotatable bonds is 4. The molecule has 0 radical (unpaired) electrons. The van der Waals surface area contributed by atoms with E-state index in [0.717, 1.165) is 15.6 Å². The van der Waals surface area contributed by atoms with Gasteiger partial charge in [0, 0.05) is 10.0 Å². The van der Waals surface area contributed by atoms with E-state index in [0.29, 0.717) is 5.71 Å². The molecule has 2 aromatic carbocycles. The van der Waals surface area contributed by atoms with E-state index >= 15 is 0 Å². The van der Waals surface area contributed by atoms with E-state index in [1.807, 2.05) is 36.4 Å². The van der Waals surface area contributed by atoms with Gasteiger partial charge >= 0.3 is 0 Å². The zero-order chi connectivity index (χ0) is 15.9. The number of benzene rings is 2. The van der Waals surface area contributed by atoms with Gasteiger partial charge in [-0.15, -0.1) is 0 Å². The summed E-state index contributed by atoms with van der Waals surface area (Å²) >= 11 is 8.15. The van der Waals surface area contributed by atoms with Crippen molar-refractivity contribution in [2.75, 3.05) is 0 Å². The summed E-state index contributed by atoms with van der Waals surface area (Å²) in [5, 5.41) is 4.27. The van der Waals surface area contributed by atoms with Crippen LogP contribution in [0, 0.1) is 5.82 Å². The number of nitrogens with zero attached hydrogens (tertiary/aromatic N) is 1. The van der Waals surface area contributed by atoms with Crippen LogP contribution < -0.4 is 11.2 Å². The van der Waals surface area contributed by atoms with E-state index in [9.17, 15) is 4.39 Å². The van der Waals surface area contributed by atoms with Gasteiger partial charge in [0.1, 0.15) is 5.82 Å². The first-order chi connectivity index (χ1) is 10.5. The SMILES string of the molecule is NC(=S)N/N=C(/C=C/c1ccc(F)cc1)c1ccc(Br)cc1. The highest BCUT2D eigenvalue weighted by molar-refractivity contribution is 9.10. The Hall–Kier alpha value is -2.05. The predicted molar refractivity (Wildman–Crippen MR) is 96.0 cm³/mol. The van der Waals surface area contributed by atoms with Crippen molar-refractivity contribution in [2.45, 2.75) is 0 Å². The average Bonchev–Trinajstić information content (AvgIpc) is 2.50. The second kappa shape index (κ2) is 7.82. The first kappa shape index (κ1) is 16.3. The van der Waals surface area contributed by atoms with Gasteiger partial charge in [-0.2, -0.15) is 5.10 Å². The molecular weight excluding hydrogens is 365 g/mol. The Labute approximate surface area is 141 Å². The van der Waals surface area contributed by atoms with Crippen molar-refractivity contribution >= 4 is 45.0 Å². The summed E-state index contributed by atoms with van der Waals surface area (Å²) in [5.74, 6) is -0.269. The second-order valence-electron chi connectivity index (χ2n) is 4.36. The molecule has 0 bridgehead atoms. The Kier molecular flexibility index (Phi) is 5.80. The molecule has 0 atom stereocenters. The van der Waals surface area contributed by atoms with E-state index in [1.165, 1.54) is 12.1 Å². The lowest BCUT2D eigenvalue weighted by molar-refractivity contribution is 0.628. The van der Waals surface area contributed by atoms with Crippen LogP contribution in [0.15, 0.2) is 64.2 Å². The largest absolute Gasteiger partial charge is 0.375 e. The first-order valence-corrected chi connectivity index (χ1v) is 7.57. The lowest BCUT2D eigenvalue weighted by Gasteiger charge is -2.04. The zero-order valence-corrected chi connectivity index (χ0v) is 13.9. The minimum atomic E-state index is -0.269. The Morgan fingerprint density at radius 1 is 1.14 bits per heavy atom. The molecule has 0 aromatic heterocycles. The second-order valence-corrected chi connectivity index (χ2v) is 5.72. The molecule has 0 heterocycles. The van der Waals surface area contributed by atoms with Crippen molar-refractivity contribution in [1.29, 1.82) is 0 Å². The Balaban J connectivity index is 2.28. The summed E-state index contributed by atoms with van der Waals surface area (Å²) in [4.78, 5) is 0. The van der Waals surface area contributed by atoms with Crippen LogP contribution in [-0.4, -0.2) is 10.8 Å². The fraction of sp³-hybridized carbons (Fsp3) is 0. The Morgan fingerprint density at radius 2 is 1.77 bits per heavy atom. The third-order valence-corrected chi connectivity index (χ3v) is 3.35. The smallest absolute Gasteiger partial charge is 0.184 e. The summed E-state index contributed by atoms with van der Waals surface area (Å²) in [6.07, 6.45) is 3.64. The molecule has 0 spiro atoms. The number of thiocarbonyl (C=S) groups is 1. The van der Waals surface area contributed by atoms with Crippen LogP contribution in [0.5, 0.6) is 0 Å². The standard InChI is InChI=1S/C16H13BrFN3S/c17-13-6-4-12(5-7-13)15(20-21-16(19)22)10-3-11-1-8-14(18)9-2-11/h1-10H,(H3,19,21,22)/b10-3+,20-15-. The summed E-state index contributed by atoms with van der Waals surface area (Å²) in [6.45, 7) is 0. The Morgan fingerprint density at radius 3 is 2.36 bits per heavy atom. The number of hydrogen-bond acceptors (Lipinski definition) is 2. The lowest BCUT2D eigenvalue weighted by Crippen LogP contribution is -2.25. The van der Waals surface area contributed by atoms with Crippen molar-refractivity contribution in [3.63, 3.8) is 0 Å². The molecule has 0 saturated carbocycles. The molecule has 6 heteroatoms. The minimum absolute atomic E-state index is 0.0878. The number of hydrogen-bond donors (Lipinski definition) is 2. The van der Waals surface area contributed by atoms with Crippen LogP contribution >= 0.6 is 28.1 Å². The number of halogens is 2. The summed E-state index contributed by atoms with van der Waals surface area (Å²) in [5.41, 5.74) is 10.4. The predicted octanol–water partition coefficient (Wildman–Crippen LogP) is 3.84. The van der Waals surface area contributed by atoms with Crippen LogP contribution in [0.3, 0.4) is 0 Å². The average molecular weight is 378 g/mol. The van der Waals surface area contributed by atoms with Gasteiger partial charge in [0.15, 0.2) is 5.11 Å². The zero-order valence-electron chi connectivity index (χ0n) is 11.5. The van der Waals surface area contributed by atoms with E-state index in [2.05, 4.69) is 26.5 Å². The lowest BCUT2D eigenvalue weighted by atomic mass is 10.1. The molecule has 2 rings (SSSR count). The molecule has 112 valence electrons. The van der Waals surface area contributed by atoms with Crippen LogP contribution in [0.25, 0.3) is 6.08 Å². The van der Waals surface area contributed by atoms with E-state index in [4.69, 9.17) is 18.0 Å². The summed E-state index contributed by atoms with van der Waals surface area (Å²) < 4.78 is 13.9. The minimum Gasteiger partial charge on any atom is -0.375 e. The van der Waals surface area contributed by atoms with Crippen LogP contribution in [0.1, 0.15) is 11.1 Å². The fourth-order valence-corrected chi connectivity index (χ4v) is 1.99. The summed E-state index contributed by atoms with van der Waals surface area (Å²) in [6, 6.07) is 13.8. The van der Waals surface area contributed by atoms with E-state index < -0.39 is 0 Å². The van der Waals surface area contributed by atoms with E-state index in [-0.39, 0.29) is 10.9 Å². The topological polar surface area (TPSA) is 50.4 Å². The third kappa shape index (κ3) is 5.05. The van der Waals surface area contributed by atoms with Gasteiger partial charge in [0.05, 0.1) is 5.71 Å². The Bertz CT molecular complexity index is 709. The van der Waals surface area contributed by atoms with Crippen molar-refractivity contribution in [3.8, 4) is 0 Å². The van der Waals surface area contributed by atoms with Gasteiger partial charge in [-0.25, -0.2) is 4.39 Å². The number of allylic oxidation sites excluding steroid dienone is 1. The van der Waals surface area contributed by atoms with Gasteiger partial charge in [-0.05, 0) is 48.1 Å². The summed E-state index contributed by atoms with van der Waals surface area (Å²) in [7, 11) is 0. The van der Waals surface area contributed by atoms with Crippen molar-refractivity contribution in [2.24, 2.45) is 10.8 Å². The molecule has 0 aliphatic heterocycles. The van der Waals surface area contributed by atoms with E-state index in [1.54, 1.807) is 12.1 Å². The normalized spacial score (nSPS) is 11.6. The molecule has 0 amide bonds. The molecule has 0 unspecified atom stereocenters. The molecule has 0 aliphatic rings. The molecule has 0 fully saturated rings. The molecule has 3 N–H and O–H groups in total. The van der Waals surface area contributed by atoms with Gasteiger partial charge in [0.2, 0.25) is 0 Å². The monoisotopic (exact) mass is 377 g/mol. The third-order valence-electron chi connectivity index (χ3n) is 2.73. The maximum absolute atomic E-state index is 12.9. The highest BCUT2D eigenvalue weighted by Gasteiger charge is 2.01. The molecule has 0 aliphatic carbocycles. The number of nitrogens with one attached hydrogen (secondary N) is 1. The highest BCUT2D eigenvalue weighted by atomic mass is 79.9. The van der Waals surface area contributed by atoms with Crippen LogP contribution in [-0.2, 0) is 0 Å². The maximum Gasteiger partial charge on any atom is 0.184 e. The van der Waals surface area contributed by atoms with Gasteiger partial charge < -0.3 is 5.73 Å². The highest BCUT2D eigenvalue weighted by Crippen LogP contribution is 2.13. The number of nitrogens with two attached hydrogens (primary N) is 1. The van der Waals surface area contributed by atoms with Gasteiger partial charge in [-0.1, -0.05) is 46.3 Å². The van der Waals surface area contributed by atoms with Gasteiger partial charge in [-0.3, -0.25) is 5.43 Å². The molecule has 3 nitrogen and oxygen atoms in total. The molecule has 22 heavy (non-hydrogen) atoms. The number of hydrazone groups is 1. The fourth-order valence-electron chi connectivity index (χ4n) is 1.68. The molecule has 2 aromatic rings. The quantitative estimate of drug-likeness (QED) is 0.483. The maximum atomic E-state index is 12.9. The van der Waals surface area contributed by atoms with Crippen molar-refractivity contribution in [3.05, 3.63) is 76.0 Å².